The van der Waals surface area contributed by atoms with Gasteiger partial charge in [0.25, 0.3) is 8.32 Å². The second-order valence-corrected chi connectivity index (χ2v) is 22.7. The van der Waals surface area contributed by atoms with Gasteiger partial charge in [-0.2, -0.15) is 0 Å². The van der Waals surface area contributed by atoms with E-state index in [1.165, 1.54) is 0 Å². The maximum absolute atomic E-state index is 15.2. The molecule has 2 heterocycles. The van der Waals surface area contributed by atoms with Crippen molar-refractivity contribution >= 4 is 48.0 Å². The van der Waals surface area contributed by atoms with Crippen LogP contribution in [0.2, 0.25) is 16.6 Å². The lowest BCUT2D eigenvalue weighted by Gasteiger charge is -2.55. The minimum Gasteiger partial charge on any atom is -0.548 e. The highest BCUT2D eigenvalue weighted by molar-refractivity contribution is 9.10. The molecule has 5 rings (SSSR count). The van der Waals surface area contributed by atoms with Crippen LogP contribution in [0.15, 0.2) is 89.6 Å². The maximum Gasteiger partial charge on any atom is 0.411 e. The van der Waals surface area contributed by atoms with Gasteiger partial charge in [0.1, 0.15) is 23.8 Å². The molecule has 0 aliphatic carbocycles. The van der Waals surface area contributed by atoms with Crippen LogP contribution in [-0.4, -0.2) is 67.0 Å². The first kappa shape index (κ1) is 41.9. The lowest BCUT2D eigenvalue weighted by Crippen LogP contribution is -2.69. The molecule has 1 fully saturated rings. The summed E-state index contributed by atoms with van der Waals surface area (Å²) in [6.07, 6.45) is 4.07. The van der Waals surface area contributed by atoms with Gasteiger partial charge in [0.15, 0.2) is 0 Å². The van der Waals surface area contributed by atoms with Crippen LogP contribution in [0.4, 0.5) is 4.79 Å². The Bertz CT molecular complexity index is 1700. The molecular formula is C43H57BrN2O6SSi. The Kier molecular flexibility index (Phi) is 14.8. The Morgan fingerprint density at radius 2 is 1.52 bits per heavy atom. The summed E-state index contributed by atoms with van der Waals surface area (Å²) in [4.78, 5) is 33.3. The van der Waals surface area contributed by atoms with Crippen LogP contribution in [0.3, 0.4) is 0 Å². The van der Waals surface area contributed by atoms with Crippen molar-refractivity contribution in [2.45, 2.75) is 115 Å². The van der Waals surface area contributed by atoms with Crippen molar-refractivity contribution in [1.82, 2.24) is 9.80 Å². The van der Waals surface area contributed by atoms with Crippen LogP contribution >= 0.6 is 27.7 Å². The monoisotopic (exact) mass is 836 g/mol. The van der Waals surface area contributed by atoms with E-state index in [1.807, 2.05) is 90.0 Å². The van der Waals surface area contributed by atoms with Gasteiger partial charge in [0, 0.05) is 10.0 Å². The summed E-state index contributed by atoms with van der Waals surface area (Å²) in [6.45, 7) is 16.4. The molecule has 2 amide bonds. The number of piperazine rings is 1. The number of carbonyl (C=O) groups excluding carboxylic acids is 2. The SMILES string of the molecule is CCS[C@@H]1[C@@H]2Cc3c(Br)ccc(OC)c3[C@H](COCc3ccccc3)N2C(=O)[C@H](C/C=C/O[Si](C(C)C)(C(C)C)C(C)C)N1C(=O)OCc1ccccc1. The number of nitrogens with zero attached hydrogens (tertiary/aromatic N) is 2. The number of ether oxygens (including phenoxy) is 3. The average Bonchev–Trinajstić information content (AvgIpc) is 3.15. The minimum atomic E-state index is -2.21. The molecule has 3 aromatic rings. The highest BCUT2D eigenvalue weighted by atomic mass is 79.9. The van der Waals surface area contributed by atoms with Gasteiger partial charge >= 0.3 is 6.09 Å². The zero-order chi connectivity index (χ0) is 39.0. The van der Waals surface area contributed by atoms with E-state index in [0.717, 1.165) is 32.5 Å². The van der Waals surface area contributed by atoms with Crippen molar-refractivity contribution in [3.8, 4) is 5.75 Å². The molecular weight excluding hydrogens is 781 g/mol. The molecule has 0 radical (unpaired) electrons. The van der Waals surface area contributed by atoms with Crippen molar-refractivity contribution in [1.29, 1.82) is 0 Å². The minimum absolute atomic E-state index is 0.112. The van der Waals surface area contributed by atoms with E-state index in [4.69, 9.17) is 18.6 Å². The number of thioether (sulfide) groups is 1. The fourth-order valence-electron chi connectivity index (χ4n) is 8.64. The molecule has 2 aliphatic rings. The van der Waals surface area contributed by atoms with Crippen molar-refractivity contribution in [2.75, 3.05) is 19.5 Å². The molecule has 11 heteroatoms. The molecule has 54 heavy (non-hydrogen) atoms. The largest absolute Gasteiger partial charge is 0.548 e. The smallest absolute Gasteiger partial charge is 0.411 e. The summed E-state index contributed by atoms with van der Waals surface area (Å²) < 4.78 is 26.1. The first-order valence-electron chi connectivity index (χ1n) is 19.2. The van der Waals surface area contributed by atoms with Gasteiger partial charge in [-0.15, -0.1) is 11.8 Å². The number of amides is 2. The first-order valence-corrected chi connectivity index (χ1v) is 23.2. The van der Waals surface area contributed by atoms with Crippen LogP contribution < -0.4 is 4.74 Å². The van der Waals surface area contributed by atoms with Gasteiger partial charge in [0.2, 0.25) is 5.91 Å². The molecule has 4 atom stereocenters. The molecule has 292 valence electrons. The fourth-order valence-corrected chi connectivity index (χ4v) is 15.5. The molecule has 1 saturated heterocycles. The number of hydrogen-bond acceptors (Lipinski definition) is 7. The Labute approximate surface area is 336 Å². The molecule has 0 saturated carbocycles. The van der Waals surface area contributed by atoms with Crippen LogP contribution in [-0.2, 0) is 38.3 Å². The quantitative estimate of drug-likeness (QED) is 0.105. The molecule has 8 nitrogen and oxygen atoms in total. The van der Waals surface area contributed by atoms with Gasteiger partial charge in [-0.25, -0.2) is 4.79 Å². The summed E-state index contributed by atoms with van der Waals surface area (Å²) in [6, 6.07) is 22.0. The Morgan fingerprint density at radius 1 is 0.907 bits per heavy atom. The van der Waals surface area contributed by atoms with Crippen LogP contribution in [0, 0.1) is 0 Å². The van der Waals surface area contributed by atoms with Crippen molar-refractivity contribution in [2.24, 2.45) is 0 Å². The molecule has 0 bridgehead atoms. The Morgan fingerprint density at radius 3 is 2.09 bits per heavy atom. The van der Waals surface area contributed by atoms with Crippen LogP contribution in [0.1, 0.15) is 83.2 Å². The highest BCUT2D eigenvalue weighted by Gasteiger charge is 2.54. The maximum atomic E-state index is 15.2. The summed E-state index contributed by atoms with van der Waals surface area (Å²) in [5.74, 6) is 1.30. The number of fused-ring (bicyclic) bond motifs is 2. The third-order valence-electron chi connectivity index (χ3n) is 11.0. The summed E-state index contributed by atoms with van der Waals surface area (Å²) in [5.41, 5.74) is 5.12. The number of halogens is 1. The van der Waals surface area contributed by atoms with E-state index in [9.17, 15) is 4.79 Å². The normalized spacial score (nSPS) is 20.1. The van der Waals surface area contributed by atoms with Crippen LogP contribution in [0.5, 0.6) is 5.75 Å². The Hall–Kier alpha value is -3.25. The van der Waals surface area contributed by atoms with E-state index in [1.54, 1.807) is 23.8 Å². The topological polar surface area (TPSA) is 77.5 Å². The first-order chi connectivity index (χ1) is 26.0. The number of hydrogen-bond donors (Lipinski definition) is 0. The number of carbonyl (C=O) groups is 2. The average molecular weight is 838 g/mol. The van der Waals surface area contributed by atoms with Gasteiger partial charge in [0.05, 0.1) is 38.7 Å². The van der Waals surface area contributed by atoms with Crippen molar-refractivity contribution in [3.63, 3.8) is 0 Å². The van der Waals surface area contributed by atoms with Crippen molar-refractivity contribution < 1.29 is 28.2 Å². The van der Waals surface area contributed by atoms with E-state index >= 15 is 4.79 Å². The highest BCUT2D eigenvalue weighted by Crippen LogP contribution is 2.48. The van der Waals surface area contributed by atoms with E-state index in [0.29, 0.717) is 35.4 Å². The second kappa shape index (κ2) is 19.1. The zero-order valence-corrected chi connectivity index (χ0v) is 36.4. The van der Waals surface area contributed by atoms with E-state index in [-0.39, 0.29) is 37.0 Å². The van der Waals surface area contributed by atoms with Gasteiger partial charge in [-0.05, 0) is 70.1 Å². The summed E-state index contributed by atoms with van der Waals surface area (Å²) in [7, 11) is -0.546. The molecule has 3 aromatic carbocycles. The number of benzene rings is 3. The number of rotatable bonds is 16. The fraction of sp³-hybridized carbons (Fsp3) is 0.488. The standard InChI is InChI=1S/C43H57BrN2O6SSi/c1-9-53-42-37-25-34-35(44)22-23-39(49-8)40(34)38(28-50-26-32-17-12-10-13-18-32)45(37)41(47)36(46(42)43(48)51-27-33-19-14-11-15-20-33)21-16-24-52-54(29(2)3,30(4)5)31(6)7/h10-20,22-24,29-31,36-38,42H,9,21,25-28H2,1-8H3/b24-16+/t36-,37-,38-,42+/m0/s1. The molecule has 0 aromatic heterocycles. The predicted molar refractivity (Wildman–Crippen MR) is 224 cm³/mol. The Balaban J connectivity index is 1.56. The lowest BCUT2D eigenvalue weighted by molar-refractivity contribution is -0.153. The van der Waals surface area contributed by atoms with Gasteiger partial charge in [-0.1, -0.05) is 125 Å². The van der Waals surface area contributed by atoms with Gasteiger partial charge in [-0.3, -0.25) is 9.69 Å². The van der Waals surface area contributed by atoms with Gasteiger partial charge < -0.3 is 23.5 Å². The molecule has 0 N–H and O–H groups in total. The van der Waals surface area contributed by atoms with E-state index in [2.05, 4.69) is 64.4 Å². The zero-order valence-electron chi connectivity index (χ0n) is 33.0. The molecule has 0 unspecified atom stereocenters. The van der Waals surface area contributed by atoms with Crippen molar-refractivity contribution in [3.05, 3.63) is 112 Å². The third kappa shape index (κ3) is 8.90. The van der Waals surface area contributed by atoms with Crippen LogP contribution in [0.25, 0.3) is 0 Å². The lowest BCUT2D eigenvalue weighted by atomic mass is 9.84. The predicted octanol–water partition coefficient (Wildman–Crippen LogP) is 10.7. The number of methoxy groups -OCH3 is 1. The summed E-state index contributed by atoms with van der Waals surface area (Å²) >= 11 is 5.50. The molecule has 2 aliphatic heterocycles. The van der Waals surface area contributed by atoms with E-state index < -0.39 is 26.5 Å². The molecule has 0 spiro atoms. The third-order valence-corrected chi connectivity index (χ3v) is 18.9. The summed E-state index contributed by atoms with van der Waals surface area (Å²) in [5, 5.41) is -0.381. The second-order valence-electron chi connectivity index (χ2n) is 15.0.